The molecule has 5 nitrogen and oxygen atoms in total. The van der Waals surface area contributed by atoms with E-state index in [1.165, 1.54) is 18.2 Å². The summed E-state index contributed by atoms with van der Waals surface area (Å²) < 4.78 is 25.9. The fraction of sp³-hybridized carbons (Fsp3) is 0.400. The highest BCUT2D eigenvalue weighted by Gasteiger charge is 2.14. The lowest BCUT2D eigenvalue weighted by Gasteiger charge is -2.08. The second-order valence-electron chi connectivity index (χ2n) is 3.72. The number of anilines is 1. The molecular formula is C10H15ClN2O3S. The topological polar surface area (TPSA) is 92.4 Å². The number of nitrogen functional groups attached to an aromatic ring is 1. The zero-order chi connectivity index (χ0) is 13.1. The van der Waals surface area contributed by atoms with Gasteiger partial charge in [0.25, 0.3) is 0 Å². The molecule has 1 aromatic carbocycles. The van der Waals surface area contributed by atoms with Gasteiger partial charge in [0.1, 0.15) is 0 Å². The Hall–Kier alpha value is -0.820. The van der Waals surface area contributed by atoms with Gasteiger partial charge in [0, 0.05) is 6.54 Å². The predicted molar refractivity (Wildman–Crippen MR) is 67.4 cm³/mol. The van der Waals surface area contributed by atoms with E-state index in [1.54, 1.807) is 6.92 Å². The normalized spacial score (nSPS) is 13.6. The smallest absolute Gasteiger partial charge is 0.240 e. The van der Waals surface area contributed by atoms with E-state index >= 15 is 0 Å². The largest absolute Gasteiger partial charge is 0.397 e. The predicted octanol–water partition coefficient (Wildman–Crippen LogP) is 0.971. The molecule has 1 rings (SSSR count). The Morgan fingerprint density at radius 1 is 1.53 bits per heavy atom. The number of halogens is 1. The Kier molecular flexibility index (Phi) is 4.76. The van der Waals surface area contributed by atoms with Gasteiger partial charge in [-0.05, 0) is 31.5 Å². The summed E-state index contributed by atoms with van der Waals surface area (Å²) in [6.07, 6.45) is -0.199. The van der Waals surface area contributed by atoms with Crippen LogP contribution in [0.1, 0.15) is 13.3 Å². The molecule has 0 aromatic heterocycles. The molecule has 0 saturated heterocycles. The van der Waals surface area contributed by atoms with E-state index in [4.69, 9.17) is 22.4 Å². The van der Waals surface area contributed by atoms with Gasteiger partial charge in [0.05, 0.1) is 21.7 Å². The summed E-state index contributed by atoms with van der Waals surface area (Å²) in [5, 5.41) is 9.34. The average Bonchev–Trinajstić information content (AvgIpc) is 2.21. The molecule has 1 atom stereocenters. The summed E-state index contributed by atoms with van der Waals surface area (Å²) in [5.41, 5.74) is 5.74. The molecular weight excluding hydrogens is 264 g/mol. The third-order valence-corrected chi connectivity index (χ3v) is 3.93. The first-order valence-electron chi connectivity index (χ1n) is 5.05. The number of rotatable bonds is 5. The Bertz CT molecular complexity index is 488. The van der Waals surface area contributed by atoms with Gasteiger partial charge in [0.2, 0.25) is 10.0 Å². The third kappa shape index (κ3) is 4.16. The molecule has 0 aliphatic carbocycles. The number of nitrogens with two attached hydrogens (primary N) is 1. The average molecular weight is 279 g/mol. The van der Waals surface area contributed by atoms with Crippen LogP contribution in [0.4, 0.5) is 5.69 Å². The van der Waals surface area contributed by atoms with E-state index < -0.39 is 16.1 Å². The first-order chi connectivity index (χ1) is 7.83. The minimum Gasteiger partial charge on any atom is -0.397 e. The van der Waals surface area contributed by atoms with Gasteiger partial charge in [-0.25, -0.2) is 13.1 Å². The molecule has 0 amide bonds. The molecule has 0 bridgehead atoms. The summed E-state index contributed by atoms with van der Waals surface area (Å²) in [7, 11) is -3.59. The highest BCUT2D eigenvalue weighted by Crippen LogP contribution is 2.21. The van der Waals surface area contributed by atoms with E-state index in [1.807, 2.05) is 0 Å². The van der Waals surface area contributed by atoms with Gasteiger partial charge in [-0.3, -0.25) is 0 Å². The highest BCUT2D eigenvalue weighted by atomic mass is 35.5. The lowest BCUT2D eigenvalue weighted by atomic mass is 10.3. The molecule has 0 spiro atoms. The van der Waals surface area contributed by atoms with Crippen LogP contribution in [0.25, 0.3) is 0 Å². The standard InChI is InChI=1S/C10H15ClN2O3S/c1-7(14)4-5-13-17(15,16)8-2-3-9(11)10(12)6-8/h2-3,6-7,13-14H,4-5,12H2,1H3/t7-/m1/s1. The number of aliphatic hydroxyl groups excluding tert-OH is 1. The molecule has 0 unspecified atom stereocenters. The van der Waals surface area contributed by atoms with Crippen molar-refractivity contribution in [1.82, 2.24) is 4.72 Å². The maximum Gasteiger partial charge on any atom is 0.240 e. The molecule has 0 fully saturated rings. The van der Waals surface area contributed by atoms with Crippen LogP contribution >= 0.6 is 11.6 Å². The molecule has 4 N–H and O–H groups in total. The Morgan fingerprint density at radius 2 is 2.18 bits per heavy atom. The van der Waals surface area contributed by atoms with Crippen LogP contribution in [0.3, 0.4) is 0 Å². The first kappa shape index (κ1) is 14.2. The van der Waals surface area contributed by atoms with E-state index in [9.17, 15) is 8.42 Å². The van der Waals surface area contributed by atoms with Gasteiger partial charge in [-0.1, -0.05) is 11.6 Å². The molecule has 0 radical (unpaired) electrons. The van der Waals surface area contributed by atoms with Gasteiger partial charge < -0.3 is 10.8 Å². The maximum absolute atomic E-state index is 11.8. The number of nitrogens with one attached hydrogen (secondary N) is 1. The fourth-order valence-electron chi connectivity index (χ4n) is 1.17. The highest BCUT2D eigenvalue weighted by molar-refractivity contribution is 7.89. The summed E-state index contributed by atoms with van der Waals surface area (Å²) in [6.45, 7) is 1.76. The SMILES string of the molecule is C[C@@H](O)CCNS(=O)(=O)c1ccc(Cl)c(N)c1. The van der Waals surface area contributed by atoms with Gasteiger partial charge in [-0.2, -0.15) is 0 Å². The molecule has 7 heteroatoms. The van der Waals surface area contributed by atoms with Crippen LogP contribution in [0, 0.1) is 0 Å². The van der Waals surface area contributed by atoms with Gasteiger partial charge in [0.15, 0.2) is 0 Å². The van der Waals surface area contributed by atoms with Crippen LogP contribution in [0.2, 0.25) is 5.02 Å². The van der Waals surface area contributed by atoms with Crippen LogP contribution in [-0.2, 0) is 10.0 Å². The van der Waals surface area contributed by atoms with Crippen molar-refractivity contribution in [3.05, 3.63) is 23.2 Å². The van der Waals surface area contributed by atoms with Crippen molar-refractivity contribution in [1.29, 1.82) is 0 Å². The monoisotopic (exact) mass is 278 g/mol. The van der Waals surface area contributed by atoms with Gasteiger partial charge >= 0.3 is 0 Å². The quantitative estimate of drug-likeness (QED) is 0.700. The summed E-state index contributed by atoms with van der Waals surface area (Å²) >= 11 is 5.70. The van der Waals surface area contributed by atoms with Crippen molar-refractivity contribution >= 4 is 27.3 Å². The Morgan fingerprint density at radius 3 is 2.71 bits per heavy atom. The van der Waals surface area contributed by atoms with Crippen LogP contribution in [0.5, 0.6) is 0 Å². The summed E-state index contributed by atoms with van der Waals surface area (Å²) in [4.78, 5) is 0.0602. The van der Waals surface area contributed by atoms with Crippen LogP contribution < -0.4 is 10.5 Å². The van der Waals surface area contributed by atoms with E-state index in [2.05, 4.69) is 4.72 Å². The summed E-state index contributed by atoms with van der Waals surface area (Å²) in [5.74, 6) is 0. The molecule has 17 heavy (non-hydrogen) atoms. The second kappa shape index (κ2) is 5.68. The molecule has 96 valence electrons. The van der Waals surface area contributed by atoms with Crippen molar-refractivity contribution < 1.29 is 13.5 Å². The molecule has 0 aliphatic heterocycles. The van der Waals surface area contributed by atoms with Crippen molar-refractivity contribution in [2.24, 2.45) is 0 Å². The number of benzene rings is 1. The summed E-state index contributed by atoms with van der Waals surface area (Å²) in [6, 6.07) is 4.11. The number of aliphatic hydroxyl groups is 1. The van der Waals surface area contributed by atoms with Crippen molar-refractivity contribution in [2.75, 3.05) is 12.3 Å². The van der Waals surface area contributed by atoms with E-state index in [0.717, 1.165) is 0 Å². The minimum absolute atomic E-state index is 0.0602. The van der Waals surface area contributed by atoms with Crippen LogP contribution in [0.15, 0.2) is 23.1 Å². The molecule has 0 heterocycles. The fourth-order valence-corrected chi connectivity index (χ4v) is 2.37. The zero-order valence-corrected chi connectivity index (χ0v) is 10.9. The first-order valence-corrected chi connectivity index (χ1v) is 6.92. The Balaban J connectivity index is 2.79. The minimum atomic E-state index is -3.59. The Labute approximate surface area is 106 Å². The van der Waals surface area contributed by atoms with Crippen LogP contribution in [-0.4, -0.2) is 26.2 Å². The second-order valence-corrected chi connectivity index (χ2v) is 5.89. The maximum atomic E-state index is 11.8. The zero-order valence-electron chi connectivity index (χ0n) is 9.35. The van der Waals surface area contributed by atoms with Crippen molar-refractivity contribution in [2.45, 2.75) is 24.3 Å². The molecule has 0 aliphatic rings. The van der Waals surface area contributed by atoms with Gasteiger partial charge in [-0.15, -0.1) is 0 Å². The lowest BCUT2D eigenvalue weighted by Crippen LogP contribution is -2.26. The number of hydrogen-bond donors (Lipinski definition) is 3. The van der Waals surface area contributed by atoms with E-state index in [0.29, 0.717) is 11.4 Å². The lowest BCUT2D eigenvalue weighted by molar-refractivity contribution is 0.186. The van der Waals surface area contributed by atoms with E-state index in [-0.39, 0.29) is 17.1 Å². The van der Waals surface area contributed by atoms with Crippen molar-refractivity contribution in [3.63, 3.8) is 0 Å². The number of sulfonamides is 1. The molecule has 0 saturated carbocycles. The molecule has 1 aromatic rings. The number of hydrogen-bond acceptors (Lipinski definition) is 4. The van der Waals surface area contributed by atoms with Crippen molar-refractivity contribution in [3.8, 4) is 0 Å². The third-order valence-electron chi connectivity index (χ3n) is 2.13.